The van der Waals surface area contributed by atoms with Gasteiger partial charge in [-0.25, -0.2) is 0 Å². The Hall–Kier alpha value is -1.42. The molecule has 0 saturated carbocycles. The fourth-order valence-corrected chi connectivity index (χ4v) is 3.85. The number of hydrogen-bond donors (Lipinski definition) is 1. The first-order valence-electron chi connectivity index (χ1n) is 7.78. The van der Waals surface area contributed by atoms with Crippen LogP contribution in [0.3, 0.4) is 0 Å². The van der Waals surface area contributed by atoms with Crippen LogP contribution in [-0.4, -0.2) is 45.3 Å². The van der Waals surface area contributed by atoms with Gasteiger partial charge in [-0.05, 0) is 44.5 Å². The highest BCUT2D eigenvalue weighted by molar-refractivity contribution is 5.70. The molecule has 2 aliphatic rings. The van der Waals surface area contributed by atoms with Crippen LogP contribution in [0.5, 0.6) is 11.5 Å². The minimum Gasteiger partial charge on any atom is -0.497 e. The summed E-state index contributed by atoms with van der Waals surface area (Å²) in [6.45, 7) is 4.55. The van der Waals surface area contributed by atoms with Crippen molar-refractivity contribution in [2.45, 2.75) is 45.1 Å². The Morgan fingerprint density at radius 2 is 2.14 bits per heavy atom. The first kappa shape index (κ1) is 16.9. The average molecular weight is 308 g/mol. The highest BCUT2D eigenvalue weighted by Gasteiger charge is 2.40. The fourth-order valence-electron chi connectivity index (χ4n) is 3.85. The van der Waals surface area contributed by atoms with E-state index in [1.54, 1.807) is 14.2 Å². The predicted octanol–water partition coefficient (Wildman–Crippen LogP) is 3.75. The van der Waals surface area contributed by atoms with Crippen LogP contribution < -0.4 is 14.8 Å². The number of anilines is 1. The van der Waals surface area contributed by atoms with E-state index in [0.717, 1.165) is 23.7 Å². The number of nitrogens with zero attached hydrogens (tertiary/aromatic N) is 1. The van der Waals surface area contributed by atoms with E-state index in [2.05, 4.69) is 30.3 Å². The Morgan fingerprint density at radius 1 is 1.36 bits per heavy atom. The van der Waals surface area contributed by atoms with Crippen molar-refractivity contribution < 1.29 is 10.9 Å². The van der Waals surface area contributed by atoms with Crippen LogP contribution in [0.1, 0.15) is 40.6 Å². The van der Waals surface area contributed by atoms with Crippen LogP contribution in [-0.2, 0) is 5.41 Å². The van der Waals surface area contributed by atoms with Crippen molar-refractivity contribution in [3.63, 3.8) is 0 Å². The number of ether oxygens (including phenoxy) is 2. The predicted molar refractivity (Wildman–Crippen MR) is 94.5 cm³/mol. The molecule has 1 aromatic carbocycles. The molecule has 1 saturated heterocycles. The van der Waals surface area contributed by atoms with E-state index >= 15 is 0 Å². The maximum absolute atomic E-state index is 5.53. The van der Waals surface area contributed by atoms with Crippen molar-refractivity contribution in [1.29, 1.82) is 0 Å². The van der Waals surface area contributed by atoms with Crippen molar-refractivity contribution in [3.05, 3.63) is 17.7 Å². The van der Waals surface area contributed by atoms with Crippen LogP contribution in [0.15, 0.2) is 12.1 Å². The summed E-state index contributed by atoms with van der Waals surface area (Å²) >= 11 is 0. The van der Waals surface area contributed by atoms with Crippen molar-refractivity contribution in [3.8, 4) is 11.5 Å². The van der Waals surface area contributed by atoms with Crippen LogP contribution in [0.4, 0.5) is 5.69 Å². The number of hydrogen-bond acceptors (Lipinski definition) is 4. The number of nitrogens with one attached hydrogen (secondary N) is 1. The van der Waals surface area contributed by atoms with Gasteiger partial charge in [-0.2, -0.15) is 0 Å². The summed E-state index contributed by atoms with van der Waals surface area (Å²) < 4.78 is 11.0. The van der Waals surface area contributed by atoms with Gasteiger partial charge in [0.2, 0.25) is 0 Å². The summed E-state index contributed by atoms with van der Waals surface area (Å²) in [7, 11) is 5.68. The van der Waals surface area contributed by atoms with Crippen molar-refractivity contribution in [2.75, 3.05) is 39.7 Å². The second kappa shape index (κ2) is 6.37. The second-order valence-corrected chi connectivity index (χ2v) is 6.65. The maximum Gasteiger partial charge on any atom is 0.145 e. The van der Waals surface area contributed by atoms with Gasteiger partial charge in [-0.3, -0.25) is 0 Å². The van der Waals surface area contributed by atoms with Gasteiger partial charge in [-0.1, -0.05) is 14.4 Å². The molecule has 4 heteroatoms. The van der Waals surface area contributed by atoms with Gasteiger partial charge in [0, 0.05) is 25.5 Å². The molecule has 4 nitrogen and oxygen atoms in total. The van der Waals surface area contributed by atoms with Crippen LogP contribution >= 0.6 is 0 Å². The zero-order valence-corrected chi connectivity index (χ0v) is 13.5. The van der Waals surface area contributed by atoms with Gasteiger partial charge in [0.25, 0.3) is 0 Å². The van der Waals surface area contributed by atoms with E-state index in [0.29, 0.717) is 6.04 Å². The van der Waals surface area contributed by atoms with Crippen LogP contribution in [0.2, 0.25) is 0 Å². The summed E-state index contributed by atoms with van der Waals surface area (Å²) in [4.78, 5) is 2.50. The summed E-state index contributed by atoms with van der Waals surface area (Å²) in [6.07, 6.45) is 3.81. The van der Waals surface area contributed by atoms with Gasteiger partial charge < -0.3 is 19.7 Å². The standard InChI is InChI=1S/C17H26N2O2.CH4.H2/c1-17(10-12-6-5-7-19(12)2)11-18-16-14(17)8-13(20-3)9-15(16)21-4;;/h8-9,12,18H,5-7,10-11H2,1-4H3;1H4;1H/t12-,17?;;/m1../s1. The normalized spacial score (nSPS) is 27.0. The monoisotopic (exact) mass is 308 g/mol. The lowest BCUT2D eigenvalue weighted by molar-refractivity contribution is 0.254. The molecule has 0 radical (unpaired) electrons. The molecule has 1 fully saturated rings. The van der Waals surface area contributed by atoms with E-state index in [1.165, 1.54) is 31.4 Å². The van der Waals surface area contributed by atoms with E-state index in [9.17, 15) is 0 Å². The molecule has 0 aliphatic carbocycles. The molecule has 22 heavy (non-hydrogen) atoms. The highest BCUT2D eigenvalue weighted by Crippen LogP contribution is 2.47. The zero-order valence-electron chi connectivity index (χ0n) is 13.5. The Labute approximate surface area is 136 Å². The number of rotatable bonds is 4. The Kier molecular flexibility index (Phi) is 4.90. The van der Waals surface area contributed by atoms with E-state index in [4.69, 9.17) is 9.47 Å². The van der Waals surface area contributed by atoms with Gasteiger partial charge in [0.05, 0.1) is 19.9 Å². The second-order valence-electron chi connectivity index (χ2n) is 6.65. The Morgan fingerprint density at radius 3 is 2.73 bits per heavy atom. The molecule has 0 amide bonds. The third-order valence-corrected chi connectivity index (χ3v) is 5.19. The summed E-state index contributed by atoms with van der Waals surface area (Å²) in [5, 5.41) is 3.55. The molecule has 3 rings (SSSR count). The number of benzene rings is 1. The molecule has 1 unspecified atom stereocenters. The van der Waals surface area contributed by atoms with Crippen molar-refractivity contribution in [1.82, 2.24) is 4.90 Å². The highest BCUT2D eigenvalue weighted by atomic mass is 16.5. The minimum atomic E-state index is 0. The molecule has 0 spiro atoms. The number of fused-ring (bicyclic) bond motifs is 1. The van der Waals surface area contributed by atoms with Gasteiger partial charge in [-0.15, -0.1) is 0 Å². The summed E-state index contributed by atoms with van der Waals surface area (Å²) in [5.74, 6) is 1.76. The SMILES string of the molecule is C.COc1cc(OC)c2c(c1)C(C)(C[C@H]1CCCN1C)CN2.[HH]. The molecule has 126 valence electrons. The average Bonchev–Trinajstić information content (AvgIpc) is 3.03. The lowest BCUT2D eigenvalue weighted by Crippen LogP contribution is -2.35. The first-order valence-corrected chi connectivity index (χ1v) is 7.78. The quantitative estimate of drug-likeness (QED) is 0.918. The molecule has 0 aromatic heterocycles. The van der Waals surface area contributed by atoms with Crippen LogP contribution in [0, 0.1) is 0 Å². The van der Waals surface area contributed by atoms with Crippen molar-refractivity contribution >= 4 is 5.69 Å². The number of likely N-dealkylation sites (tertiary alicyclic amines) is 1. The molecule has 0 bridgehead atoms. The molecular formula is C18H32N2O2. The Bertz CT molecular complexity index is 538. The lowest BCUT2D eigenvalue weighted by atomic mass is 9.78. The van der Waals surface area contributed by atoms with E-state index in [1.807, 2.05) is 6.07 Å². The molecular weight excluding hydrogens is 276 g/mol. The molecule has 1 N–H and O–H groups in total. The third kappa shape index (κ3) is 2.76. The minimum absolute atomic E-state index is 0. The van der Waals surface area contributed by atoms with Gasteiger partial charge >= 0.3 is 0 Å². The smallest absolute Gasteiger partial charge is 0.145 e. The first-order chi connectivity index (χ1) is 10.1. The van der Waals surface area contributed by atoms with Crippen LogP contribution in [0.25, 0.3) is 0 Å². The van der Waals surface area contributed by atoms with Gasteiger partial charge in [0.1, 0.15) is 11.5 Å². The van der Waals surface area contributed by atoms with Gasteiger partial charge in [0.15, 0.2) is 0 Å². The molecule has 2 aliphatic heterocycles. The van der Waals surface area contributed by atoms with Crippen molar-refractivity contribution in [2.24, 2.45) is 0 Å². The lowest BCUT2D eigenvalue weighted by Gasteiger charge is -2.31. The zero-order chi connectivity index (χ0) is 15.0. The Balaban J connectivity index is 0.00000132. The molecule has 2 atom stereocenters. The number of methoxy groups -OCH3 is 2. The molecule has 1 aromatic rings. The largest absolute Gasteiger partial charge is 0.497 e. The summed E-state index contributed by atoms with van der Waals surface area (Å²) in [5.41, 5.74) is 2.61. The summed E-state index contributed by atoms with van der Waals surface area (Å²) in [6, 6.07) is 4.81. The van der Waals surface area contributed by atoms with E-state index < -0.39 is 0 Å². The van der Waals surface area contributed by atoms with E-state index in [-0.39, 0.29) is 14.3 Å². The molecule has 2 heterocycles. The topological polar surface area (TPSA) is 33.7 Å². The maximum atomic E-state index is 5.53. The fraction of sp³-hybridized carbons (Fsp3) is 0.667. The third-order valence-electron chi connectivity index (χ3n) is 5.19.